The van der Waals surface area contributed by atoms with E-state index in [-0.39, 0.29) is 16.8 Å². The summed E-state index contributed by atoms with van der Waals surface area (Å²) in [5, 5.41) is 11.3. The Morgan fingerprint density at radius 1 is 0.939 bits per heavy atom. The van der Waals surface area contributed by atoms with Gasteiger partial charge < -0.3 is 9.84 Å². The Morgan fingerprint density at radius 2 is 1.52 bits per heavy atom. The number of anilines is 1. The van der Waals surface area contributed by atoms with Gasteiger partial charge in [-0.2, -0.15) is 0 Å². The molecule has 1 heterocycles. The van der Waals surface area contributed by atoms with Crippen molar-refractivity contribution >= 4 is 23.1 Å². The maximum absolute atomic E-state index is 13.6. The van der Waals surface area contributed by atoms with Crippen molar-refractivity contribution in [1.29, 1.82) is 0 Å². The van der Waals surface area contributed by atoms with Crippen LogP contribution in [0.5, 0.6) is 5.75 Å². The van der Waals surface area contributed by atoms with Gasteiger partial charge in [0.05, 0.1) is 24.3 Å². The molecule has 168 valence electrons. The summed E-state index contributed by atoms with van der Waals surface area (Å²) in [6.45, 7) is 3.63. The Kier molecular flexibility index (Phi) is 5.72. The van der Waals surface area contributed by atoms with Gasteiger partial charge in [0.25, 0.3) is 11.7 Å². The first-order valence-corrected chi connectivity index (χ1v) is 10.2. The van der Waals surface area contributed by atoms with E-state index in [9.17, 15) is 23.5 Å². The molecule has 0 saturated carbocycles. The third-order valence-corrected chi connectivity index (χ3v) is 5.61. The van der Waals surface area contributed by atoms with Crippen LogP contribution in [0.2, 0.25) is 0 Å². The molecule has 3 aromatic carbocycles. The molecular weight excluding hydrogens is 428 g/mol. The molecule has 0 aliphatic carbocycles. The first-order chi connectivity index (χ1) is 15.7. The third kappa shape index (κ3) is 3.86. The van der Waals surface area contributed by atoms with Gasteiger partial charge in [0.1, 0.15) is 23.1 Å². The van der Waals surface area contributed by atoms with Gasteiger partial charge in [0, 0.05) is 5.69 Å². The summed E-state index contributed by atoms with van der Waals surface area (Å²) < 4.78 is 32.6. The van der Waals surface area contributed by atoms with Crippen molar-refractivity contribution in [3.63, 3.8) is 0 Å². The number of hydrogen-bond acceptors (Lipinski definition) is 4. The number of Topliss-reactive ketones (excluding diaryl/α,β-unsaturated/α-hetero) is 1. The number of carbonyl (C=O) groups excluding carboxylic acids is 2. The molecule has 1 atom stereocenters. The van der Waals surface area contributed by atoms with Crippen LogP contribution in [-0.4, -0.2) is 23.9 Å². The van der Waals surface area contributed by atoms with E-state index < -0.39 is 35.1 Å². The highest BCUT2D eigenvalue weighted by Gasteiger charge is 2.47. The van der Waals surface area contributed by atoms with Crippen molar-refractivity contribution in [2.45, 2.75) is 19.9 Å². The lowest BCUT2D eigenvalue weighted by molar-refractivity contribution is -0.132. The Bertz CT molecular complexity index is 1280. The summed E-state index contributed by atoms with van der Waals surface area (Å²) in [6, 6.07) is 12.8. The van der Waals surface area contributed by atoms with Crippen molar-refractivity contribution in [3.05, 3.63) is 100 Å². The Labute approximate surface area is 189 Å². The highest BCUT2D eigenvalue weighted by Crippen LogP contribution is 2.43. The van der Waals surface area contributed by atoms with Crippen LogP contribution in [0.1, 0.15) is 28.3 Å². The minimum Gasteiger partial charge on any atom is -0.507 e. The van der Waals surface area contributed by atoms with Crippen molar-refractivity contribution in [3.8, 4) is 5.75 Å². The molecule has 3 aromatic rings. The van der Waals surface area contributed by atoms with Crippen molar-refractivity contribution < 1.29 is 28.2 Å². The number of aryl methyl sites for hydroxylation is 2. The maximum atomic E-state index is 13.6. The number of carbonyl (C=O) groups is 2. The number of aliphatic hydroxyl groups excluding tert-OH is 1. The smallest absolute Gasteiger partial charge is 0.300 e. The molecule has 1 fully saturated rings. The number of halogens is 2. The van der Waals surface area contributed by atoms with E-state index in [2.05, 4.69) is 0 Å². The van der Waals surface area contributed by atoms with Crippen LogP contribution in [0.4, 0.5) is 14.5 Å². The molecule has 0 spiro atoms. The van der Waals surface area contributed by atoms with E-state index in [0.717, 1.165) is 11.1 Å². The molecule has 1 aliphatic rings. The molecular formula is C26H21F2NO4. The van der Waals surface area contributed by atoms with E-state index in [4.69, 9.17) is 4.74 Å². The van der Waals surface area contributed by atoms with E-state index in [1.165, 1.54) is 60.5 Å². The zero-order valence-corrected chi connectivity index (χ0v) is 18.2. The van der Waals surface area contributed by atoms with Gasteiger partial charge in [-0.3, -0.25) is 14.5 Å². The van der Waals surface area contributed by atoms with Gasteiger partial charge >= 0.3 is 0 Å². The number of nitrogens with zero attached hydrogens (tertiary/aromatic N) is 1. The van der Waals surface area contributed by atoms with E-state index in [1.807, 2.05) is 13.0 Å². The fourth-order valence-electron chi connectivity index (χ4n) is 4.21. The molecule has 1 saturated heterocycles. The molecule has 0 radical (unpaired) electrons. The third-order valence-electron chi connectivity index (χ3n) is 5.61. The second kappa shape index (κ2) is 8.50. The van der Waals surface area contributed by atoms with Gasteiger partial charge in [0.2, 0.25) is 0 Å². The van der Waals surface area contributed by atoms with Crippen LogP contribution >= 0.6 is 0 Å². The summed E-state index contributed by atoms with van der Waals surface area (Å²) in [6.07, 6.45) is 0. The second-order valence-electron chi connectivity index (χ2n) is 7.86. The molecule has 33 heavy (non-hydrogen) atoms. The fourth-order valence-corrected chi connectivity index (χ4v) is 4.21. The summed E-state index contributed by atoms with van der Waals surface area (Å²) in [5.74, 6) is -2.84. The van der Waals surface area contributed by atoms with Gasteiger partial charge in [-0.1, -0.05) is 18.2 Å². The number of hydrogen-bond donors (Lipinski definition) is 1. The highest BCUT2D eigenvalue weighted by atomic mass is 19.1. The summed E-state index contributed by atoms with van der Waals surface area (Å²) in [4.78, 5) is 27.5. The molecule has 1 aliphatic heterocycles. The van der Waals surface area contributed by atoms with E-state index in [1.54, 1.807) is 13.0 Å². The zero-order valence-electron chi connectivity index (χ0n) is 18.2. The lowest BCUT2D eigenvalue weighted by Gasteiger charge is -2.25. The average Bonchev–Trinajstić information content (AvgIpc) is 3.04. The van der Waals surface area contributed by atoms with Gasteiger partial charge in [-0.05, 0) is 73.0 Å². The monoisotopic (exact) mass is 449 g/mol. The van der Waals surface area contributed by atoms with Crippen LogP contribution in [-0.2, 0) is 9.59 Å². The van der Waals surface area contributed by atoms with Gasteiger partial charge in [-0.25, -0.2) is 8.78 Å². The number of rotatable bonds is 4. The number of amides is 1. The molecule has 1 N–H and O–H groups in total. The predicted molar refractivity (Wildman–Crippen MR) is 120 cm³/mol. The van der Waals surface area contributed by atoms with Crippen LogP contribution in [0, 0.1) is 25.5 Å². The quantitative estimate of drug-likeness (QED) is 0.337. The topological polar surface area (TPSA) is 66.8 Å². The second-order valence-corrected chi connectivity index (χ2v) is 7.86. The predicted octanol–water partition coefficient (Wildman–Crippen LogP) is 5.22. The molecule has 7 heteroatoms. The number of methoxy groups -OCH3 is 1. The lowest BCUT2D eigenvalue weighted by atomic mass is 9.93. The summed E-state index contributed by atoms with van der Waals surface area (Å²) >= 11 is 0. The summed E-state index contributed by atoms with van der Waals surface area (Å²) in [7, 11) is 1.45. The molecule has 4 rings (SSSR count). The normalized spacial score (nSPS) is 17.5. The molecule has 1 unspecified atom stereocenters. The molecule has 0 bridgehead atoms. The van der Waals surface area contributed by atoms with Crippen LogP contribution in [0.3, 0.4) is 0 Å². The molecule has 1 amide bonds. The minimum absolute atomic E-state index is 0.167. The van der Waals surface area contributed by atoms with E-state index in [0.29, 0.717) is 11.3 Å². The highest BCUT2D eigenvalue weighted by molar-refractivity contribution is 6.51. The van der Waals surface area contributed by atoms with Crippen molar-refractivity contribution in [1.82, 2.24) is 0 Å². The van der Waals surface area contributed by atoms with Crippen molar-refractivity contribution in [2.75, 3.05) is 12.0 Å². The van der Waals surface area contributed by atoms with Crippen molar-refractivity contribution in [2.24, 2.45) is 0 Å². The van der Waals surface area contributed by atoms with E-state index >= 15 is 0 Å². The maximum Gasteiger partial charge on any atom is 0.300 e. The summed E-state index contributed by atoms with van der Waals surface area (Å²) in [5.41, 5.74) is 2.33. The van der Waals surface area contributed by atoms with Crippen LogP contribution in [0.25, 0.3) is 5.76 Å². The molecule has 5 nitrogen and oxygen atoms in total. The van der Waals surface area contributed by atoms with Gasteiger partial charge in [0.15, 0.2) is 0 Å². The number of benzene rings is 3. The minimum atomic E-state index is -1.05. The first kappa shape index (κ1) is 22.2. The number of ketones is 1. The molecule has 0 aromatic heterocycles. The largest absolute Gasteiger partial charge is 0.507 e. The SMILES string of the molecule is COc1c(C)cc(C)cc1/C(O)=C1\C(=O)C(=O)N(c2ccc(F)cc2)C1c1ccc(F)cc1. The first-order valence-electron chi connectivity index (χ1n) is 10.2. The Morgan fingerprint density at radius 3 is 2.09 bits per heavy atom. The van der Waals surface area contributed by atoms with Crippen LogP contribution < -0.4 is 9.64 Å². The Hall–Kier alpha value is -4.00. The zero-order chi connectivity index (χ0) is 23.9. The fraction of sp³-hybridized carbons (Fsp3) is 0.154. The van der Waals surface area contributed by atoms with Crippen LogP contribution in [0.15, 0.2) is 66.2 Å². The number of aliphatic hydroxyl groups is 1. The standard InChI is InChI=1S/C26H21F2NO4/c1-14-12-15(2)25(33-3)20(13-14)23(30)21-22(16-4-6-17(27)7-5-16)29(26(32)24(21)31)19-10-8-18(28)9-11-19/h4-13,22,30H,1-3H3/b23-21+. The number of ether oxygens (including phenoxy) is 1. The average molecular weight is 449 g/mol. The lowest BCUT2D eigenvalue weighted by Crippen LogP contribution is -2.29. The Balaban J connectivity index is 2.00. The van der Waals surface area contributed by atoms with Gasteiger partial charge in [-0.15, -0.1) is 0 Å².